The van der Waals surface area contributed by atoms with Gasteiger partial charge in [0, 0.05) is 19.6 Å². The number of amides is 3. The Bertz CT molecular complexity index is 816. The molecule has 160 valence electrons. The summed E-state index contributed by atoms with van der Waals surface area (Å²) < 4.78 is 5.02. The predicted molar refractivity (Wildman–Crippen MR) is 109 cm³/mol. The van der Waals surface area contributed by atoms with E-state index < -0.39 is 30.7 Å². The van der Waals surface area contributed by atoms with Crippen LogP contribution in [0.1, 0.15) is 11.1 Å². The van der Waals surface area contributed by atoms with Crippen LogP contribution in [0.15, 0.2) is 60.7 Å². The zero-order valence-electron chi connectivity index (χ0n) is 16.4. The highest BCUT2D eigenvalue weighted by molar-refractivity contribution is 5.85. The van der Waals surface area contributed by atoms with Gasteiger partial charge in [-0.2, -0.15) is 0 Å². The number of aliphatic hydroxyl groups excluding tert-OH is 1. The second-order valence-corrected chi connectivity index (χ2v) is 6.42. The fourth-order valence-corrected chi connectivity index (χ4v) is 2.58. The van der Waals surface area contributed by atoms with Gasteiger partial charge in [0.1, 0.15) is 12.6 Å². The molecule has 0 radical (unpaired) electrons. The Morgan fingerprint density at radius 1 is 0.967 bits per heavy atom. The Morgan fingerprint density at radius 3 is 2.13 bits per heavy atom. The van der Waals surface area contributed by atoms with Gasteiger partial charge in [-0.15, -0.1) is 0 Å². The molecule has 3 amide bonds. The van der Waals surface area contributed by atoms with Crippen molar-refractivity contribution in [2.24, 2.45) is 0 Å². The minimum atomic E-state index is -1.21. The van der Waals surface area contributed by atoms with Crippen molar-refractivity contribution in [3.63, 3.8) is 0 Å². The molecular weight excluding hydrogens is 390 g/mol. The first kappa shape index (κ1) is 22.7. The maximum Gasteiger partial charge on any atom is 0.408 e. The lowest BCUT2D eigenvalue weighted by Gasteiger charge is -2.21. The summed E-state index contributed by atoms with van der Waals surface area (Å²) in [6.45, 7) is -0.347. The third-order valence-electron chi connectivity index (χ3n) is 4.17. The molecule has 2 aromatic rings. The number of hydrogen-bond donors (Lipinski definition) is 4. The molecule has 9 nitrogen and oxygen atoms in total. The Balaban J connectivity index is 1.76. The van der Waals surface area contributed by atoms with E-state index in [1.165, 1.54) is 0 Å². The van der Waals surface area contributed by atoms with Gasteiger partial charge in [-0.25, -0.2) is 9.59 Å². The topological polar surface area (TPSA) is 128 Å². The molecule has 0 aliphatic rings. The highest BCUT2D eigenvalue weighted by atomic mass is 16.5. The summed E-state index contributed by atoms with van der Waals surface area (Å²) in [5, 5.41) is 23.5. The highest BCUT2D eigenvalue weighted by Crippen LogP contribution is 2.04. The van der Waals surface area contributed by atoms with Gasteiger partial charge in [0.15, 0.2) is 0 Å². The van der Waals surface area contributed by atoms with E-state index in [1.807, 2.05) is 24.3 Å². The number of benzene rings is 2. The number of nitrogens with zero attached hydrogens (tertiary/aromatic N) is 1. The molecule has 0 heterocycles. The number of carboxylic acid groups (broad SMARTS) is 1. The summed E-state index contributed by atoms with van der Waals surface area (Å²) in [4.78, 5) is 36.6. The van der Waals surface area contributed by atoms with Crippen molar-refractivity contribution in [2.45, 2.75) is 19.2 Å². The number of rotatable bonds is 10. The van der Waals surface area contributed by atoms with Crippen LogP contribution >= 0.6 is 0 Å². The van der Waals surface area contributed by atoms with E-state index in [-0.39, 0.29) is 26.2 Å². The summed E-state index contributed by atoms with van der Waals surface area (Å²) >= 11 is 0. The molecule has 2 rings (SSSR count). The van der Waals surface area contributed by atoms with Crippen LogP contribution in [0.4, 0.5) is 9.59 Å². The molecule has 0 aliphatic carbocycles. The van der Waals surface area contributed by atoms with Crippen LogP contribution in [0.5, 0.6) is 0 Å². The fraction of sp³-hybridized carbons (Fsp3) is 0.286. The van der Waals surface area contributed by atoms with Crippen molar-refractivity contribution in [2.75, 3.05) is 19.7 Å². The number of nitrogens with one attached hydrogen (secondary N) is 2. The third-order valence-corrected chi connectivity index (χ3v) is 4.17. The lowest BCUT2D eigenvalue weighted by atomic mass is 10.2. The summed E-state index contributed by atoms with van der Waals surface area (Å²) in [7, 11) is 0. The van der Waals surface area contributed by atoms with E-state index in [4.69, 9.17) is 4.74 Å². The van der Waals surface area contributed by atoms with Gasteiger partial charge in [-0.1, -0.05) is 60.7 Å². The van der Waals surface area contributed by atoms with Crippen molar-refractivity contribution in [3.05, 3.63) is 71.8 Å². The van der Waals surface area contributed by atoms with Crippen molar-refractivity contribution < 1.29 is 29.3 Å². The van der Waals surface area contributed by atoms with Crippen LogP contribution in [0, 0.1) is 0 Å². The molecule has 0 saturated heterocycles. The van der Waals surface area contributed by atoms with Crippen LogP contribution in [0.3, 0.4) is 0 Å². The fourth-order valence-electron chi connectivity index (χ4n) is 2.58. The van der Waals surface area contributed by atoms with E-state index >= 15 is 0 Å². The molecule has 0 unspecified atom stereocenters. The third kappa shape index (κ3) is 7.80. The van der Waals surface area contributed by atoms with Crippen molar-refractivity contribution in [1.82, 2.24) is 15.5 Å². The molecule has 0 spiro atoms. The normalized spacial score (nSPS) is 11.2. The summed E-state index contributed by atoms with van der Waals surface area (Å²) in [6.07, 6.45) is -1.96. The average molecular weight is 415 g/mol. The number of ether oxygens (including phenoxy) is 1. The molecule has 0 aromatic heterocycles. The average Bonchev–Trinajstić information content (AvgIpc) is 2.76. The minimum absolute atomic E-state index is 0.0230. The molecule has 0 bridgehead atoms. The molecule has 9 heteroatoms. The first-order valence-corrected chi connectivity index (χ1v) is 9.37. The van der Waals surface area contributed by atoms with Crippen LogP contribution in [0.2, 0.25) is 0 Å². The van der Waals surface area contributed by atoms with Crippen molar-refractivity contribution in [1.29, 1.82) is 0 Å². The molecule has 0 fully saturated rings. The van der Waals surface area contributed by atoms with Crippen LogP contribution in [-0.4, -0.2) is 58.9 Å². The zero-order chi connectivity index (χ0) is 21.8. The second kappa shape index (κ2) is 12.1. The summed E-state index contributed by atoms with van der Waals surface area (Å²) in [5.74, 6) is -0.640. The SMILES string of the molecule is O=C(N[C@@H](CO)C(=O)NCCN(Cc1ccccc1)C(=O)O)OCc1ccccc1. The minimum Gasteiger partial charge on any atom is -0.465 e. The smallest absolute Gasteiger partial charge is 0.408 e. The zero-order valence-corrected chi connectivity index (χ0v) is 16.4. The van der Waals surface area contributed by atoms with E-state index in [0.717, 1.165) is 16.0 Å². The molecule has 4 N–H and O–H groups in total. The maximum atomic E-state index is 12.2. The van der Waals surface area contributed by atoms with Crippen LogP contribution in [-0.2, 0) is 22.7 Å². The van der Waals surface area contributed by atoms with Crippen molar-refractivity contribution in [3.8, 4) is 0 Å². The molecule has 30 heavy (non-hydrogen) atoms. The number of hydrogen-bond acceptors (Lipinski definition) is 5. The molecule has 1 atom stereocenters. The van der Waals surface area contributed by atoms with Gasteiger partial charge >= 0.3 is 12.2 Å². The molecule has 0 saturated carbocycles. The van der Waals surface area contributed by atoms with Gasteiger partial charge in [-0.3, -0.25) is 4.79 Å². The Hall–Kier alpha value is -3.59. The Morgan fingerprint density at radius 2 is 1.57 bits per heavy atom. The predicted octanol–water partition coefficient (Wildman–Crippen LogP) is 1.57. The highest BCUT2D eigenvalue weighted by Gasteiger charge is 2.21. The van der Waals surface area contributed by atoms with Gasteiger partial charge in [0.2, 0.25) is 5.91 Å². The quantitative estimate of drug-likeness (QED) is 0.466. The maximum absolute atomic E-state index is 12.2. The summed E-state index contributed by atoms with van der Waals surface area (Å²) in [6, 6.07) is 16.9. The van der Waals surface area contributed by atoms with Crippen LogP contribution < -0.4 is 10.6 Å². The van der Waals surface area contributed by atoms with Crippen molar-refractivity contribution >= 4 is 18.1 Å². The van der Waals surface area contributed by atoms with Gasteiger partial charge in [0.25, 0.3) is 0 Å². The number of aliphatic hydroxyl groups is 1. The standard InChI is InChI=1S/C21H25N3O6/c25-14-18(23-20(27)30-15-17-9-5-2-6-10-17)19(26)22-11-12-24(21(28)29)13-16-7-3-1-4-8-16/h1-10,18,25H,11-15H2,(H,22,26)(H,23,27)(H,28,29)/t18-/m0/s1. The van der Waals surface area contributed by atoms with E-state index in [1.54, 1.807) is 36.4 Å². The first-order valence-electron chi connectivity index (χ1n) is 9.37. The number of carbonyl (C=O) groups excluding carboxylic acids is 2. The molecule has 0 aliphatic heterocycles. The van der Waals surface area contributed by atoms with E-state index in [0.29, 0.717) is 0 Å². The number of alkyl carbamates (subject to hydrolysis) is 1. The van der Waals surface area contributed by atoms with Gasteiger partial charge < -0.3 is 30.5 Å². The van der Waals surface area contributed by atoms with Gasteiger partial charge in [0.05, 0.1) is 6.61 Å². The van der Waals surface area contributed by atoms with Gasteiger partial charge in [-0.05, 0) is 11.1 Å². The molecular formula is C21H25N3O6. The van der Waals surface area contributed by atoms with Crippen LogP contribution in [0.25, 0.3) is 0 Å². The van der Waals surface area contributed by atoms with E-state index in [9.17, 15) is 24.6 Å². The van der Waals surface area contributed by atoms with E-state index in [2.05, 4.69) is 10.6 Å². The Kier molecular flexibility index (Phi) is 9.14. The molecule has 2 aromatic carbocycles. The monoisotopic (exact) mass is 415 g/mol. The summed E-state index contributed by atoms with van der Waals surface area (Å²) in [5.41, 5.74) is 1.60. The second-order valence-electron chi connectivity index (χ2n) is 6.42. The first-order chi connectivity index (χ1) is 14.5. The lowest BCUT2D eigenvalue weighted by Crippen LogP contribution is -2.50. The largest absolute Gasteiger partial charge is 0.465 e. The lowest BCUT2D eigenvalue weighted by molar-refractivity contribution is -0.124. The Labute approximate surface area is 174 Å². The number of carbonyl (C=O) groups is 3.